The first kappa shape index (κ1) is 74.6. The third kappa shape index (κ3) is 16.9. The van der Waals surface area contributed by atoms with Crippen molar-refractivity contribution in [1.29, 1.82) is 0 Å². The topological polar surface area (TPSA) is 407 Å². The van der Waals surface area contributed by atoms with Crippen LogP contribution in [0.25, 0.3) is 22.7 Å². The van der Waals surface area contributed by atoms with E-state index in [9.17, 15) is 19.8 Å². The van der Waals surface area contributed by atoms with Crippen molar-refractivity contribution in [2.45, 2.75) is 39.5 Å². The SMILES string of the molecule is Cc1nn(-c2ccccc2)c(O)c1C(c1ccc(N(C)C)cc1)c1c(C)[nH]n(-c2ccccc2)c1=O.Cc1nn(-c2ccccc2)c(O)c1C(c1ccc(N(C)C)cc1)c1c(C)[nH]n(-c2ccccc2)c1=O.O.O.O.O.O.O=S(=O)(O)O.[O]=[V].[V]. The predicted octanol–water partition coefficient (Wildman–Crippen LogP) is 4.94. The van der Waals surface area contributed by atoms with Crippen LogP contribution in [0.4, 0.5) is 11.4 Å². The second kappa shape index (κ2) is 32.6. The molecule has 27 heteroatoms. The second-order valence-electron chi connectivity index (χ2n) is 18.7. The van der Waals surface area contributed by atoms with Crippen LogP contribution in [0.3, 0.4) is 0 Å². The first-order valence-corrected chi connectivity index (χ1v) is 26.5. The number of aromatic amines is 2. The van der Waals surface area contributed by atoms with Gasteiger partial charge in [-0.25, -0.2) is 18.7 Å². The van der Waals surface area contributed by atoms with Gasteiger partial charge in [-0.3, -0.25) is 28.9 Å². The largest absolute Gasteiger partial charge is 0 e. The summed E-state index contributed by atoms with van der Waals surface area (Å²) in [5.74, 6) is -1.00. The average Bonchev–Trinajstić information content (AvgIpc) is 4.05. The molecule has 0 aliphatic rings. The van der Waals surface area contributed by atoms with Crippen molar-refractivity contribution in [3.05, 3.63) is 247 Å². The standard InChI is InChI=1S/2C29H29N5O2.H2O4S.5H2O.O.2V/c2*1-19-25(28(35)33(30-19)23-11-7-5-8-12-23)27(21-15-17-22(18-16-21)32(3)4)26-20(2)31-34(29(26)36)24-13-9-6-10-14-24;1-5(2,3)4;;;;;;;;/h2*5-18,27,30,36H,1-4H3;(H2,1,2,3,4);5*1H2;;;. The number of H-pyrrole nitrogens is 2. The maximum Gasteiger partial charge on any atom is 0 e. The fraction of sp³-hybridized carbons (Fsp3) is 0.172. The van der Waals surface area contributed by atoms with Gasteiger partial charge in [-0.05, 0) is 112 Å². The summed E-state index contributed by atoms with van der Waals surface area (Å²) in [5.41, 5.74) is 11.7. The molecule has 452 valence electrons. The summed E-state index contributed by atoms with van der Waals surface area (Å²) < 4.78 is 45.9. The molecule has 0 saturated heterocycles. The number of nitrogens with zero attached hydrogens (tertiary/aromatic N) is 8. The summed E-state index contributed by atoms with van der Waals surface area (Å²) in [4.78, 5) is 31.8. The number of aromatic nitrogens is 8. The quantitative estimate of drug-likeness (QED) is 0.0884. The van der Waals surface area contributed by atoms with Crippen molar-refractivity contribution in [2.24, 2.45) is 0 Å². The summed E-state index contributed by atoms with van der Waals surface area (Å²) in [6.45, 7) is 7.53. The van der Waals surface area contributed by atoms with Gasteiger partial charge in [0.25, 0.3) is 11.1 Å². The molecule has 0 aliphatic carbocycles. The van der Waals surface area contributed by atoms with E-state index in [2.05, 4.69) is 20.4 Å². The van der Waals surface area contributed by atoms with E-state index in [0.29, 0.717) is 33.6 Å². The average molecular weight is 1270 g/mol. The number of nitrogens with one attached hydrogen (secondary N) is 2. The molecule has 6 aromatic carbocycles. The molecule has 0 fully saturated rings. The number of anilines is 2. The minimum absolute atomic E-state index is 0. The van der Waals surface area contributed by atoms with Gasteiger partial charge in [-0.2, -0.15) is 18.6 Å². The number of aromatic hydroxyl groups is 2. The molecule has 10 rings (SSSR count). The fourth-order valence-corrected chi connectivity index (χ4v) is 9.43. The monoisotopic (exact) mass is 1260 g/mol. The van der Waals surface area contributed by atoms with Crippen LogP contribution in [0, 0.1) is 27.7 Å². The van der Waals surface area contributed by atoms with Gasteiger partial charge >= 0.3 is 31.4 Å². The van der Waals surface area contributed by atoms with E-state index in [4.69, 9.17) is 21.2 Å². The van der Waals surface area contributed by atoms with E-state index in [-0.39, 0.29) is 68.8 Å². The third-order valence-electron chi connectivity index (χ3n) is 13.1. The first-order valence-electron chi connectivity index (χ1n) is 24.6. The van der Waals surface area contributed by atoms with Crippen LogP contribution in [0.15, 0.2) is 179 Å². The van der Waals surface area contributed by atoms with Gasteiger partial charge in [0.05, 0.1) is 45.3 Å². The Morgan fingerprint density at radius 1 is 0.447 bits per heavy atom. The summed E-state index contributed by atoms with van der Waals surface area (Å²) in [5, 5.41) is 38.8. The van der Waals surface area contributed by atoms with Crippen molar-refractivity contribution in [3.8, 4) is 34.5 Å². The molecule has 2 unspecified atom stereocenters. The Balaban J connectivity index is 0.000000720. The minimum atomic E-state index is -4.67. The van der Waals surface area contributed by atoms with Gasteiger partial charge in [0, 0.05) is 92.5 Å². The van der Waals surface area contributed by atoms with Gasteiger partial charge < -0.3 is 47.4 Å². The Hall–Kier alpha value is -8.40. The van der Waals surface area contributed by atoms with Crippen molar-refractivity contribution in [2.75, 3.05) is 38.0 Å². The minimum Gasteiger partial charge on any atom is 0 e. The summed E-state index contributed by atoms with van der Waals surface area (Å²) in [6.07, 6.45) is 0. The zero-order valence-corrected chi connectivity index (χ0v) is 51.1. The molecular weight excluding hydrogens is 1190 g/mol. The molecule has 16 N–H and O–H groups in total. The molecule has 85 heavy (non-hydrogen) atoms. The van der Waals surface area contributed by atoms with Crippen LogP contribution in [-0.4, -0.2) is 122 Å². The Bertz CT molecular complexity index is 3650. The first-order chi connectivity index (χ1) is 37.7. The van der Waals surface area contributed by atoms with Crippen LogP contribution >= 0.6 is 0 Å². The van der Waals surface area contributed by atoms with Gasteiger partial charge in [-0.1, -0.05) is 97.1 Å². The van der Waals surface area contributed by atoms with E-state index in [0.717, 1.165) is 74.0 Å². The molecule has 4 heterocycles. The molecular formula is C58H70N10O14SV2. The molecule has 0 spiro atoms. The van der Waals surface area contributed by atoms with Crippen molar-refractivity contribution in [3.63, 3.8) is 0 Å². The van der Waals surface area contributed by atoms with Gasteiger partial charge in [0.1, 0.15) is 0 Å². The number of para-hydroxylation sites is 4. The Kier molecular flexibility index (Phi) is 28.6. The number of hydrogen-bond acceptors (Lipinski definition) is 11. The summed E-state index contributed by atoms with van der Waals surface area (Å²) >= 11 is 1.06. The molecule has 1 radical (unpaired) electrons. The normalized spacial score (nSPS) is 10.9. The Morgan fingerprint density at radius 2 is 0.694 bits per heavy atom. The smallest absolute Gasteiger partial charge is 0 e. The van der Waals surface area contributed by atoms with Crippen LogP contribution in [0.2, 0.25) is 0 Å². The Labute approximate surface area is 511 Å². The molecule has 0 saturated carbocycles. The van der Waals surface area contributed by atoms with Gasteiger partial charge in [-0.15, -0.1) is 0 Å². The maximum absolute atomic E-state index is 13.9. The molecule has 2 atom stereocenters. The van der Waals surface area contributed by atoms with Crippen LogP contribution in [-0.2, 0) is 50.0 Å². The van der Waals surface area contributed by atoms with Crippen molar-refractivity contribution >= 4 is 21.8 Å². The van der Waals surface area contributed by atoms with E-state index < -0.39 is 22.2 Å². The number of aryl methyl sites for hydroxylation is 4. The van der Waals surface area contributed by atoms with Gasteiger partial charge in [0.2, 0.25) is 11.8 Å². The van der Waals surface area contributed by atoms with Gasteiger partial charge in [0.15, 0.2) is 0 Å². The number of hydrogen-bond donors (Lipinski definition) is 6. The van der Waals surface area contributed by atoms with E-state index in [1.165, 1.54) is 9.36 Å². The predicted molar refractivity (Wildman–Crippen MR) is 319 cm³/mol. The summed E-state index contributed by atoms with van der Waals surface area (Å²) in [7, 11) is 3.28. The molecule has 0 aliphatic heterocycles. The second-order valence-corrected chi connectivity index (χ2v) is 19.6. The maximum atomic E-state index is 13.9. The van der Waals surface area contributed by atoms with Crippen LogP contribution < -0.4 is 20.9 Å². The molecule has 10 aromatic rings. The number of benzene rings is 6. The van der Waals surface area contributed by atoms with Crippen LogP contribution in [0.1, 0.15) is 68.0 Å². The Morgan fingerprint density at radius 3 is 0.941 bits per heavy atom. The molecule has 4 aromatic heterocycles. The van der Waals surface area contributed by atoms with E-state index in [1.54, 1.807) is 9.36 Å². The number of rotatable bonds is 12. The van der Waals surface area contributed by atoms with Crippen molar-refractivity contribution < 1.29 is 94.7 Å². The molecule has 0 bridgehead atoms. The fourth-order valence-electron chi connectivity index (χ4n) is 9.43. The van der Waals surface area contributed by atoms with E-state index in [1.807, 2.05) is 236 Å². The summed E-state index contributed by atoms with van der Waals surface area (Å²) in [6, 6.07) is 54.1. The zero-order valence-electron chi connectivity index (χ0n) is 47.5. The van der Waals surface area contributed by atoms with Crippen molar-refractivity contribution in [1.82, 2.24) is 39.1 Å². The third-order valence-corrected chi connectivity index (χ3v) is 13.1. The molecule has 24 nitrogen and oxygen atoms in total. The molecule has 0 amide bonds. The van der Waals surface area contributed by atoms with E-state index >= 15 is 0 Å². The van der Waals surface area contributed by atoms with Crippen LogP contribution in [0.5, 0.6) is 11.8 Å². The zero-order chi connectivity index (χ0) is 57.3.